The highest BCUT2D eigenvalue weighted by atomic mass is 19.1. The molecule has 0 saturated carbocycles. The number of nitrogens with two attached hydrogens (primary N) is 1. The largest absolute Gasteiger partial charge is 0.378 e. The number of hydrogen-bond acceptors (Lipinski definition) is 9. The zero-order chi connectivity index (χ0) is 25.1. The number of rotatable bonds is 6. The van der Waals surface area contributed by atoms with E-state index in [0.717, 1.165) is 24.3 Å². The van der Waals surface area contributed by atoms with Gasteiger partial charge in [0.1, 0.15) is 5.82 Å². The fourth-order valence-corrected chi connectivity index (χ4v) is 4.12. The van der Waals surface area contributed by atoms with Crippen molar-refractivity contribution in [3.63, 3.8) is 0 Å². The predicted molar refractivity (Wildman–Crippen MR) is 130 cm³/mol. The van der Waals surface area contributed by atoms with Gasteiger partial charge < -0.3 is 10.6 Å². The number of hydrazone groups is 1. The molecule has 1 fully saturated rings. The first-order chi connectivity index (χ1) is 17.5. The average Bonchev–Trinajstić information content (AvgIpc) is 3.50. The van der Waals surface area contributed by atoms with Crippen LogP contribution < -0.4 is 16.1 Å². The van der Waals surface area contributed by atoms with Gasteiger partial charge in [0.05, 0.1) is 11.4 Å². The Bertz CT molecular complexity index is 1390. The standard InChI is InChI=1S/C24H24FN9O2/c1-15-20(28-32-34(15)23-22(26)30-36-31-23)24(35)29-27-21(16-5-9-18(25)10-6-16)17-7-11-19(12-8-17)33-13-3-2-4-14-33/h5-12H,2-4,13-14H2,1H3,(H2,26,30)(H,29,35)/b27-21-. The van der Waals surface area contributed by atoms with Crippen molar-refractivity contribution in [3.8, 4) is 5.82 Å². The van der Waals surface area contributed by atoms with E-state index in [1.54, 1.807) is 19.1 Å². The molecule has 11 nitrogen and oxygen atoms in total. The molecule has 0 spiro atoms. The van der Waals surface area contributed by atoms with E-state index in [9.17, 15) is 9.18 Å². The summed E-state index contributed by atoms with van der Waals surface area (Å²) in [7, 11) is 0. The molecule has 3 N–H and O–H groups in total. The number of nitrogen functional groups attached to an aromatic ring is 1. The van der Waals surface area contributed by atoms with Crippen LogP contribution in [-0.4, -0.2) is 50.0 Å². The Hall–Kier alpha value is -4.61. The maximum atomic E-state index is 13.6. The van der Waals surface area contributed by atoms with Crippen LogP contribution in [0.1, 0.15) is 46.6 Å². The number of aromatic nitrogens is 5. The molecule has 1 aliphatic heterocycles. The first-order valence-corrected chi connectivity index (χ1v) is 11.5. The first-order valence-electron chi connectivity index (χ1n) is 11.5. The van der Waals surface area contributed by atoms with Crippen molar-refractivity contribution < 1.29 is 13.8 Å². The van der Waals surface area contributed by atoms with Gasteiger partial charge in [0.2, 0.25) is 11.6 Å². The van der Waals surface area contributed by atoms with Crippen molar-refractivity contribution >= 4 is 23.1 Å². The molecule has 0 bridgehead atoms. The molecule has 0 aliphatic carbocycles. The Labute approximate surface area is 205 Å². The van der Waals surface area contributed by atoms with Crippen LogP contribution in [0.3, 0.4) is 0 Å². The summed E-state index contributed by atoms with van der Waals surface area (Å²) in [6.45, 7) is 3.70. The second-order valence-corrected chi connectivity index (χ2v) is 8.41. The number of piperidine rings is 1. The molecule has 5 rings (SSSR count). The Morgan fingerprint density at radius 2 is 1.69 bits per heavy atom. The van der Waals surface area contributed by atoms with Crippen molar-refractivity contribution in [2.75, 3.05) is 23.7 Å². The summed E-state index contributed by atoms with van der Waals surface area (Å²) in [6, 6.07) is 13.9. The summed E-state index contributed by atoms with van der Waals surface area (Å²) in [5.41, 5.74) is 11.7. The van der Waals surface area contributed by atoms with E-state index in [-0.39, 0.29) is 23.1 Å². The summed E-state index contributed by atoms with van der Waals surface area (Å²) in [5.74, 6) is -0.808. The summed E-state index contributed by atoms with van der Waals surface area (Å²) < 4.78 is 19.4. The van der Waals surface area contributed by atoms with E-state index in [2.05, 4.69) is 40.7 Å². The minimum absolute atomic E-state index is 0.0135. The van der Waals surface area contributed by atoms with Crippen LogP contribution in [0, 0.1) is 12.7 Å². The van der Waals surface area contributed by atoms with Crippen LogP contribution in [0.25, 0.3) is 5.82 Å². The number of nitrogens with one attached hydrogen (secondary N) is 1. The average molecular weight is 490 g/mol. The van der Waals surface area contributed by atoms with Gasteiger partial charge in [-0.1, -0.05) is 17.3 Å². The van der Waals surface area contributed by atoms with Crippen molar-refractivity contribution in [2.45, 2.75) is 26.2 Å². The first kappa shape index (κ1) is 23.1. The van der Waals surface area contributed by atoms with Crippen molar-refractivity contribution in [1.82, 2.24) is 30.7 Å². The molecule has 12 heteroatoms. The van der Waals surface area contributed by atoms with Gasteiger partial charge in [0.15, 0.2) is 5.69 Å². The minimum Gasteiger partial charge on any atom is -0.378 e. The molecule has 0 unspecified atom stereocenters. The van der Waals surface area contributed by atoms with Crippen molar-refractivity contribution in [3.05, 3.63) is 76.9 Å². The molecule has 4 aromatic rings. The molecule has 1 saturated heterocycles. The van der Waals surface area contributed by atoms with Crippen molar-refractivity contribution in [2.24, 2.45) is 5.10 Å². The van der Waals surface area contributed by atoms with Crippen LogP contribution in [0.5, 0.6) is 0 Å². The third-order valence-corrected chi connectivity index (χ3v) is 6.05. The van der Waals surface area contributed by atoms with Crippen LogP contribution in [0.15, 0.2) is 58.3 Å². The van der Waals surface area contributed by atoms with Crippen molar-refractivity contribution in [1.29, 1.82) is 0 Å². The van der Waals surface area contributed by atoms with E-state index in [1.165, 1.54) is 36.1 Å². The normalized spacial score (nSPS) is 14.2. The van der Waals surface area contributed by atoms with Gasteiger partial charge in [0, 0.05) is 29.9 Å². The summed E-state index contributed by atoms with van der Waals surface area (Å²) >= 11 is 0. The minimum atomic E-state index is -0.585. The number of anilines is 2. The number of benzene rings is 2. The molecule has 184 valence electrons. The van der Waals surface area contributed by atoms with E-state index in [4.69, 9.17) is 5.73 Å². The number of nitrogens with zero attached hydrogens (tertiary/aromatic N) is 7. The fourth-order valence-electron chi connectivity index (χ4n) is 4.12. The number of halogens is 1. The number of carbonyl (C=O) groups excluding carboxylic acids is 1. The number of amides is 1. The lowest BCUT2D eigenvalue weighted by Gasteiger charge is -2.28. The lowest BCUT2D eigenvalue weighted by molar-refractivity contribution is 0.0949. The Morgan fingerprint density at radius 3 is 2.33 bits per heavy atom. The molecule has 2 aromatic carbocycles. The van der Waals surface area contributed by atoms with Gasteiger partial charge in [-0.05, 0) is 72.9 Å². The summed E-state index contributed by atoms with van der Waals surface area (Å²) in [6.07, 6.45) is 3.62. The van der Waals surface area contributed by atoms with Gasteiger partial charge in [0.25, 0.3) is 5.91 Å². The Balaban J connectivity index is 1.42. The number of carbonyl (C=O) groups is 1. The lowest BCUT2D eigenvalue weighted by Crippen LogP contribution is -2.29. The molecule has 0 atom stereocenters. The zero-order valence-electron chi connectivity index (χ0n) is 19.6. The summed E-state index contributed by atoms with van der Waals surface area (Å²) in [4.78, 5) is 15.3. The quantitative estimate of drug-likeness (QED) is 0.311. The third kappa shape index (κ3) is 4.65. The molecule has 2 aromatic heterocycles. The van der Waals surface area contributed by atoms with E-state index < -0.39 is 5.91 Å². The van der Waals surface area contributed by atoms with Crippen LogP contribution >= 0.6 is 0 Å². The molecule has 1 aliphatic rings. The molecule has 36 heavy (non-hydrogen) atoms. The molecular formula is C24H24FN9O2. The number of hydrogen-bond donors (Lipinski definition) is 2. The second-order valence-electron chi connectivity index (χ2n) is 8.41. The monoisotopic (exact) mass is 489 g/mol. The Kier molecular flexibility index (Phi) is 6.39. The van der Waals surface area contributed by atoms with E-state index in [1.807, 2.05) is 24.3 Å². The van der Waals surface area contributed by atoms with Gasteiger partial charge in [-0.2, -0.15) is 9.78 Å². The molecular weight excluding hydrogens is 465 g/mol. The highest BCUT2D eigenvalue weighted by Gasteiger charge is 2.21. The molecule has 0 radical (unpaired) electrons. The summed E-state index contributed by atoms with van der Waals surface area (Å²) in [5, 5.41) is 19.4. The highest BCUT2D eigenvalue weighted by Crippen LogP contribution is 2.22. The third-order valence-electron chi connectivity index (χ3n) is 6.05. The smallest absolute Gasteiger partial charge is 0.293 e. The Morgan fingerprint density at radius 1 is 1.03 bits per heavy atom. The van der Waals surface area contributed by atoms with Gasteiger partial charge in [-0.3, -0.25) is 4.79 Å². The van der Waals surface area contributed by atoms with Crippen LogP contribution in [0.2, 0.25) is 0 Å². The maximum Gasteiger partial charge on any atom is 0.293 e. The molecule has 3 heterocycles. The van der Waals surface area contributed by atoms with Gasteiger partial charge in [-0.25, -0.2) is 14.4 Å². The van der Waals surface area contributed by atoms with E-state index in [0.29, 0.717) is 17.0 Å². The maximum absolute atomic E-state index is 13.6. The second kappa shape index (κ2) is 9.94. The van der Waals surface area contributed by atoms with Gasteiger partial charge in [-0.15, -0.1) is 5.10 Å². The van der Waals surface area contributed by atoms with Gasteiger partial charge >= 0.3 is 0 Å². The molecule has 1 amide bonds. The lowest BCUT2D eigenvalue weighted by atomic mass is 10.0. The van der Waals surface area contributed by atoms with Crippen LogP contribution in [0.4, 0.5) is 15.9 Å². The fraction of sp³-hybridized carbons (Fsp3) is 0.250. The highest BCUT2D eigenvalue weighted by molar-refractivity contribution is 6.13. The van der Waals surface area contributed by atoms with Crippen LogP contribution in [-0.2, 0) is 0 Å². The zero-order valence-corrected chi connectivity index (χ0v) is 19.6. The SMILES string of the molecule is Cc1c(C(=O)N/N=C(/c2ccc(F)cc2)c2ccc(N3CCCCC3)cc2)nnn1-c1nonc1N. The topological polar surface area (TPSA) is 140 Å². The predicted octanol–water partition coefficient (Wildman–Crippen LogP) is 2.85. The van der Waals surface area contributed by atoms with E-state index >= 15 is 0 Å².